The number of nitrogens with one attached hydrogen (secondary N) is 1. The van der Waals surface area contributed by atoms with Crippen LogP contribution in [-0.2, 0) is 11.3 Å². The van der Waals surface area contributed by atoms with Crippen LogP contribution in [0, 0.1) is 0 Å². The molecular formula is C11H15NO. The van der Waals surface area contributed by atoms with Crippen LogP contribution in [0.1, 0.15) is 18.4 Å². The van der Waals surface area contributed by atoms with Crippen molar-refractivity contribution in [2.45, 2.75) is 25.6 Å². The molecule has 0 amide bonds. The normalized spacial score (nSPS) is 22.0. The Bertz CT molecular complexity index is 242. The maximum absolute atomic E-state index is 5.46. The van der Waals surface area contributed by atoms with E-state index < -0.39 is 0 Å². The highest BCUT2D eigenvalue weighted by Gasteiger charge is 2.13. The lowest BCUT2D eigenvalue weighted by atomic mass is 10.2. The van der Waals surface area contributed by atoms with E-state index in [2.05, 4.69) is 29.6 Å². The molecule has 1 aliphatic heterocycles. The molecule has 1 N–H and O–H groups in total. The standard InChI is InChI=1S/C11H15NO/c1-2-5-10(6-3-1)9-12-11-7-4-8-13-11/h1-3,5-6,11-12H,4,7-9H2. The van der Waals surface area contributed by atoms with Crippen molar-refractivity contribution in [2.24, 2.45) is 0 Å². The third-order valence-corrected chi connectivity index (χ3v) is 2.31. The smallest absolute Gasteiger partial charge is 0.108 e. The molecule has 1 unspecified atom stereocenters. The minimum absolute atomic E-state index is 0.278. The Hall–Kier alpha value is -0.860. The Kier molecular flexibility index (Phi) is 2.95. The first-order chi connectivity index (χ1) is 6.45. The van der Waals surface area contributed by atoms with Crippen LogP contribution in [0.15, 0.2) is 30.3 Å². The first-order valence-electron chi connectivity index (χ1n) is 4.84. The summed E-state index contributed by atoms with van der Waals surface area (Å²) in [6.45, 7) is 1.82. The summed E-state index contributed by atoms with van der Waals surface area (Å²) in [5.41, 5.74) is 1.32. The maximum Gasteiger partial charge on any atom is 0.108 e. The zero-order chi connectivity index (χ0) is 8.93. The van der Waals surface area contributed by atoms with Gasteiger partial charge in [-0.3, -0.25) is 5.32 Å². The van der Waals surface area contributed by atoms with E-state index in [1.165, 1.54) is 12.0 Å². The van der Waals surface area contributed by atoms with E-state index in [1.807, 2.05) is 6.07 Å². The van der Waals surface area contributed by atoms with Crippen molar-refractivity contribution >= 4 is 0 Å². The molecule has 0 saturated carbocycles. The monoisotopic (exact) mass is 177 g/mol. The second kappa shape index (κ2) is 4.40. The predicted molar refractivity (Wildman–Crippen MR) is 52.3 cm³/mol. The van der Waals surface area contributed by atoms with Crippen molar-refractivity contribution in [3.63, 3.8) is 0 Å². The molecule has 0 aromatic heterocycles. The Morgan fingerprint density at radius 2 is 2.15 bits per heavy atom. The minimum atomic E-state index is 0.278. The van der Waals surface area contributed by atoms with Gasteiger partial charge in [0.05, 0.1) is 0 Å². The molecule has 0 radical (unpaired) electrons. The van der Waals surface area contributed by atoms with Crippen LogP contribution in [-0.4, -0.2) is 12.8 Å². The lowest BCUT2D eigenvalue weighted by Crippen LogP contribution is -2.27. The molecule has 1 atom stereocenters. The van der Waals surface area contributed by atoms with Crippen LogP contribution < -0.4 is 5.32 Å². The Labute approximate surface area is 78.9 Å². The van der Waals surface area contributed by atoms with Crippen molar-refractivity contribution in [1.29, 1.82) is 0 Å². The summed E-state index contributed by atoms with van der Waals surface area (Å²) in [6.07, 6.45) is 2.61. The third-order valence-electron chi connectivity index (χ3n) is 2.31. The second-order valence-electron chi connectivity index (χ2n) is 3.37. The fraction of sp³-hybridized carbons (Fsp3) is 0.455. The molecule has 1 aromatic carbocycles. The van der Waals surface area contributed by atoms with Crippen molar-refractivity contribution < 1.29 is 4.74 Å². The van der Waals surface area contributed by atoms with Crippen LogP contribution in [0.4, 0.5) is 0 Å². The molecule has 0 bridgehead atoms. The van der Waals surface area contributed by atoms with Crippen molar-refractivity contribution in [1.82, 2.24) is 5.32 Å². The van der Waals surface area contributed by atoms with Gasteiger partial charge in [-0.1, -0.05) is 30.3 Å². The van der Waals surface area contributed by atoms with Gasteiger partial charge in [-0.25, -0.2) is 0 Å². The van der Waals surface area contributed by atoms with Gasteiger partial charge < -0.3 is 4.74 Å². The predicted octanol–water partition coefficient (Wildman–Crippen LogP) is 1.91. The fourth-order valence-electron chi connectivity index (χ4n) is 1.57. The molecule has 2 nitrogen and oxygen atoms in total. The average Bonchev–Trinajstić information content (AvgIpc) is 2.69. The third kappa shape index (κ3) is 2.54. The van der Waals surface area contributed by atoms with E-state index >= 15 is 0 Å². The summed E-state index contributed by atoms with van der Waals surface area (Å²) in [7, 11) is 0. The lowest BCUT2D eigenvalue weighted by Gasteiger charge is -2.11. The summed E-state index contributed by atoms with van der Waals surface area (Å²) >= 11 is 0. The summed E-state index contributed by atoms with van der Waals surface area (Å²) < 4.78 is 5.46. The van der Waals surface area contributed by atoms with Gasteiger partial charge in [0.2, 0.25) is 0 Å². The van der Waals surface area contributed by atoms with Gasteiger partial charge in [0.15, 0.2) is 0 Å². The molecule has 1 saturated heterocycles. The van der Waals surface area contributed by atoms with Gasteiger partial charge in [0.25, 0.3) is 0 Å². The molecule has 0 spiro atoms. The molecule has 1 heterocycles. The van der Waals surface area contributed by atoms with Gasteiger partial charge in [-0.05, 0) is 18.4 Å². The Balaban J connectivity index is 1.79. The number of rotatable bonds is 3. The highest BCUT2D eigenvalue weighted by atomic mass is 16.5. The van der Waals surface area contributed by atoms with Crippen LogP contribution in [0.5, 0.6) is 0 Å². The van der Waals surface area contributed by atoms with Crippen molar-refractivity contribution in [3.8, 4) is 0 Å². The molecule has 2 rings (SSSR count). The number of hydrogen-bond donors (Lipinski definition) is 1. The van der Waals surface area contributed by atoms with E-state index in [9.17, 15) is 0 Å². The van der Waals surface area contributed by atoms with Gasteiger partial charge in [-0.15, -0.1) is 0 Å². The second-order valence-corrected chi connectivity index (χ2v) is 3.37. The Morgan fingerprint density at radius 1 is 1.31 bits per heavy atom. The van der Waals surface area contributed by atoms with Crippen LogP contribution >= 0.6 is 0 Å². The number of hydrogen-bond acceptors (Lipinski definition) is 2. The summed E-state index contributed by atoms with van der Waals surface area (Å²) in [5.74, 6) is 0. The molecule has 1 fully saturated rings. The lowest BCUT2D eigenvalue weighted by molar-refractivity contribution is 0.0827. The average molecular weight is 177 g/mol. The van der Waals surface area contributed by atoms with Gasteiger partial charge in [0.1, 0.15) is 6.23 Å². The maximum atomic E-state index is 5.46. The summed E-state index contributed by atoms with van der Waals surface area (Å²) in [4.78, 5) is 0. The zero-order valence-corrected chi connectivity index (χ0v) is 7.70. The molecule has 1 aliphatic rings. The first kappa shape index (κ1) is 8.73. The summed E-state index contributed by atoms with van der Waals surface area (Å²) in [6, 6.07) is 10.4. The quantitative estimate of drug-likeness (QED) is 0.761. The molecule has 0 aliphatic carbocycles. The van der Waals surface area contributed by atoms with Gasteiger partial charge in [-0.2, -0.15) is 0 Å². The van der Waals surface area contributed by atoms with E-state index in [4.69, 9.17) is 4.74 Å². The van der Waals surface area contributed by atoms with Crippen molar-refractivity contribution in [2.75, 3.05) is 6.61 Å². The van der Waals surface area contributed by atoms with Gasteiger partial charge >= 0.3 is 0 Å². The molecule has 70 valence electrons. The number of benzene rings is 1. The molecule has 13 heavy (non-hydrogen) atoms. The van der Waals surface area contributed by atoms with Crippen LogP contribution in [0.2, 0.25) is 0 Å². The highest BCUT2D eigenvalue weighted by molar-refractivity contribution is 5.14. The molecular weight excluding hydrogens is 162 g/mol. The minimum Gasteiger partial charge on any atom is -0.363 e. The fourth-order valence-corrected chi connectivity index (χ4v) is 1.57. The largest absolute Gasteiger partial charge is 0.363 e. The first-order valence-corrected chi connectivity index (χ1v) is 4.84. The van der Waals surface area contributed by atoms with E-state index in [0.717, 1.165) is 19.6 Å². The summed E-state index contributed by atoms with van der Waals surface area (Å²) in [5, 5.41) is 3.38. The Morgan fingerprint density at radius 3 is 2.85 bits per heavy atom. The van der Waals surface area contributed by atoms with Crippen molar-refractivity contribution in [3.05, 3.63) is 35.9 Å². The zero-order valence-electron chi connectivity index (χ0n) is 7.70. The van der Waals surface area contributed by atoms with Gasteiger partial charge in [0, 0.05) is 13.2 Å². The van der Waals surface area contributed by atoms with Crippen LogP contribution in [0.25, 0.3) is 0 Å². The van der Waals surface area contributed by atoms with E-state index in [1.54, 1.807) is 0 Å². The highest BCUT2D eigenvalue weighted by Crippen LogP contribution is 2.09. The number of ether oxygens (including phenoxy) is 1. The van der Waals surface area contributed by atoms with Crippen LogP contribution in [0.3, 0.4) is 0 Å². The molecule has 1 aromatic rings. The molecule has 2 heteroatoms. The SMILES string of the molecule is c1ccc(CNC2CCCO2)cc1. The van der Waals surface area contributed by atoms with E-state index in [0.29, 0.717) is 0 Å². The topological polar surface area (TPSA) is 21.3 Å². The van der Waals surface area contributed by atoms with E-state index in [-0.39, 0.29) is 6.23 Å².